The highest BCUT2D eigenvalue weighted by Crippen LogP contribution is 2.24. The van der Waals surface area contributed by atoms with Crippen LogP contribution in [0.4, 0.5) is 5.69 Å². The van der Waals surface area contributed by atoms with Crippen molar-refractivity contribution in [2.24, 2.45) is 0 Å². The van der Waals surface area contributed by atoms with Crippen LogP contribution in [0.2, 0.25) is 0 Å². The minimum absolute atomic E-state index is 0.0780. The van der Waals surface area contributed by atoms with Crippen molar-refractivity contribution >= 4 is 39.3 Å². The van der Waals surface area contributed by atoms with Gasteiger partial charge in [-0.3, -0.25) is 4.79 Å². The molecule has 1 aromatic carbocycles. The number of aromatic nitrogens is 3. The maximum atomic E-state index is 12.1. The zero-order chi connectivity index (χ0) is 16.8. The van der Waals surface area contributed by atoms with E-state index in [-0.39, 0.29) is 11.7 Å². The van der Waals surface area contributed by atoms with Gasteiger partial charge >= 0.3 is 0 Å². The number of anilines is 1. The van der Waals surface area contributed by atoms with E-state index in [9.17, 15) is 4.79 Å². The standard InChI is InChI=1S/C16H19BrN4OS/c1-4-8-21-14(5-2)19-20-16(21)23-10-15(22)18-13-7-6-11(3)9-12(13)17/h4,6-7,9H,1,5,8,10H2,2-3H3,(H,18,22). The smallest absolute Gasteiger partial charge is 0.234 e. The molecule has 1 amide bonds. The number of allylic oxidation sites excluding steroid dienone is 1. The number of nitrogens with one attached hydrogen (secondary N) is 1. The SMILES string of the molecule is C=CCn1c(CC)nnc1SCC(=O)Nc1ccc(C)cc1Br. The van der Waals surface area contributed by atoms with Gasteiger partial charge in [-0.2, -0.15) is 0 Å². The quantitative estimate of drug-likeness (QED) is 0.572. The van der Waals surface area contributed by atoms with Gasteiger partial charge in [-0.15, -0.1) is 16.8 Å². The molecule has 7 heteroatoms. The van der Waals surface area contributed by atoms with Gasteiger partial charge in [0.2, 0.25) is 5.91 Å². The van der Waals surface area contributed by atoms with E-state index in [2.05, 4.69) is 38.0 Å². The van der Waals surface area contributed by atoms with Gasteiger partial charge in [0.15, 0.2) is 5.16 Å². The first-order valence-corrected chi connectivity index (χ1v) is 9.04. The lowest BCUT2D eigenvalue weighted by Gasteiger charge is -2.09. The molecule has 2 aromatic rings. The molecule has 0 saturated heterocycles. The van der Waals surface area contributed by atoms with Crippen LogP contribution in [0.15, 0.2) is 40.5 Å². The summed E-state index contributed by atoms with van der Waals surface area (Å²) in [5, 5.41) is 11.9. The molecule has 0 saturated carbocycles. The zero-order valence-electron chi connectivity index (χ0n) is 13.2. The van der Waals surface area contributed by atoms with E-state index >= 15 is 0 Å². The Labute approximate surface area is 148 Å². The van der Waals surface area contributed by atoms with Crippen LogP contribution in [0.5, 0.6) is 0 Å². The lowest BCUT2D eigenvalue weighted by atomic mass is 10.2. The van der Waals surface area contributed by atoms with Gasteiger partial charge in [0, 0.05) is 17.4 Å². The number of nitrogens with zero attached hydrogens (tertiary/aromatic N) is 3. The van der Waals surface area contributed by atoms with Crippen LogP contribution in [-0.2, 0) is 17.8 Å². The first-order valence-electron chi connectivity index (χ1n) is 7.27. The van der Waals surface area contributed by atoms with E-state index < -0.39 is 0 Å². The first-order chi connectivity index (χ1) is 11.0. The molecule has 0 fully saturated rings. The molecule has 2 rings (SSSR count). The Kier molecular flexibility index (Phi) is 6.41. The number of aryl methyl sites for hydroxylation is 2. The fraction of sp³-hybridized carbons (Fsp3) is 0.312. The summed E-state index contributed by atoms with van der Waals surface area (Å²) in [6, 6.07) is 5.82. The second-order valence-corrected chi connectivity index (χ2v) is 6.77. The van der Waals surface area contributed by atoms with Crippen molar-refractivity contribution in [3.8, 4) is 0 Å². The van der Waals surface area contributed by atoms with Gasteiger partial charge in [0.1, 0.15) is 5.82 Å². The molecule has 0 aliphatic heterocycles. The Morgan fingerprint density at radius 3 is 2.91 bits per heavy atom. The predicted molar refractivity (Wildman–Crippen MR) is 97.8 cm³/mol. The molecule has 0 spiro atoms. The van der Waals surface area contributed by atoms with Gasteiger partial charge in [-0.1, -0.05) is 30.8 Å². The number of hydrogen-bond acceptors (Lipinski definition) is 4. The summed E-state index contributed by atoms with van der Waals surface area (Å²) in [5.74, 6) is 1.10. The normalized spacial score (nSPS) is 10.6. The molecule has 0 aliphatic rings. The van der Waals surface area contributed by atoms with Crippen molar-refractivity contribution in [2.75, 3.05) is 11.1 Å². The highest BCUT2D eigenvalue weighted by atomic mass is 79.9. The van der Waals surface area contributed by atoms with Crippen molar-refractivity contribution < 1.29 is 4.79 Å². The fourth-order valence-corrected chi connectivity index (χ4v) is 3.40. The average Bonchev–Trinajstić information content (AvgIpc) is 2.90. The highest BCUT2D eigenvalue weighted by Gasteiger charge is 2.13. The number of thioether (sulfide) groups is 1. The van der Waals surface area contributed by atoms with Crippen LogP contribution in [0.25, 0.3) is 0 Å². The molecule has 0 atom stereocenters. The molecule has 0 aliphatic carbocycles. The highest BCUT2D eigenvalue weighted by molar-refractivity contribution is 9.10. The largest absolute Gasteiger partial charge is 0.324 e. The van der Waals surface area contributed by atoms with Crippen molar-refractivity contribution in [1.82, 2.24) is 14.8 Å². The average molecular weight is 395 g/mol. The van der Waals surface area contributed by atoms with Crippen molar-refractivity contribution in [1.29, 1.82) is 0 Å². The fourth-order valence-electron chi connectivity index (χ4n) is 2.04. The molecule has 0 unspecified atom stereocenters. The number of carbonyl (C=O) groups is 1. The lowest BCUT2D eigenvalue weighted by molar-refractivity contribution is -0.113. The Bertz CT molecular complexity index is 714. The van der Waals surface area contributed by atoms with E-state index in [0.29, 0.717) is 6.54 Å². The summed E-state index contributed by atoms with van der Waals surface area (Å²) < 4.78 is 2.85. The van der Waals surface area contributed by atoms with Gasteiger partial charge in [-0.25, -0.2) is 0 Å². The number of hydrogen-bond donors (Lipinski definition) is 1. The molecule has 122 valence electrons. The molecule has 1 N–H and O–H groups in total. The van der Waals surface area contributed by atoms with Crippen LogP contribution in [-0.4, -0.2) is 26.4 Å². The molecule has 1 heterocycles. The van der Waals surface area contributed by atoms with Crippen LogP contribution >= 0.6 is 27.7 Å². The summed E-state index contributed by atoms with van der Waals surface area (Å²) in [5.41, 5.74) is 1.90. The van der Waals surface area contributed by atoms with E-state index in [0.717, 1.165) is 33.1 Å². The molecule has 5 nitrogen and oxygen atoms in total. The Hall–Kier alpha value is -1.60. The number of amides is 1. The Morgan fingerprint density at radius 2 is 2.26 bits per heavy atom. The minimum atomic E-state index is -0.0780. The van der Waals surface area contributed by atoms with E-state index in [1.165, 1.54) is 11.8 Å². The molecule has 0 radical (unpaired) electrons. The Morgan fingerprint density at radius 1 is 1.48 bits per heavy atom. The lowest BCUT2D eigenvalue weighted by Crippen LogP contribution is -2.15. The molecule has 0 bridgehead atoms. The van der Waals surface area contributed by atoms with Crippen molar-refractivity contribution in [2.45, 2.75) is 32.0 Å². The maximum absolute atomic E-state index is 12.1. The minimum Gasteiger partial charge on any atom is -0.324 e. The van der Waals surface area contributed by atoms with E-state index in [1.807, 2.05) is 36.6 Å². The van der Waals surface area contributed by atoms with E-state index in [1.54, 1.807) is 6.08 Å². The molecule has 23 heavy (non-hydrogen) atoms. The van der Waals surface area contributed by atoms with Crippen molar-refractivity contribution in [3.63, 3.8) is 0 Å². The van der Waals surface area contributed by atoms with Crippen LogP contribution in [0.1, 0.15) is 18.3 Å². The monoisotopic (exact) mass is 394 g/mol. The second kappa shape index (κ2) is 8.31. The summed E-state index contributed by atoms with van der Waals surface area (Å²) in [6.45, 7) is 8.42. The predicted octanol–water partition coefficient (Wildman–Crippen LogP) is 3.83. The zero-order valence-corrected chi connectivity index (χ0v) is 15.6. The van der Waals surface area contributed by atoms with Gasteiger partial charge in [0.25, 0.3) is 0 Å². The summed E-state index contributed by atoms with van der Waals surface area (Å²) >= 11 is 4.83. The molecular weight excluding hydrogens is 376 g/mol. The third-order valence-corrected chi connectivity index (χ3v) is 4.78. The van der Waals surface area contributed by atoms with Crippen LogP contribution in [0.3, 0.4) is 0 Å². The third kappa shape index (κ3) is 4.68. The summed E-state index contributed by atoms with van der Waals surface area (Å²) in [4.78, 5) is 12.1. The third-order valence-electron chi connectivity index (χ3n) is 3.15. The number of rotatable bonds is 7. The number of benzene rings is 1. The van der Waals surface area contributed by atoms with Gasteiger partial charge in [-0.05, 0) is 40.5 Å². The van der Waals surface area contributed by atoms with Gasteiger partial charge < -0.3 is 9.88 Å². The van der Waals surface area contributed by atoms with Crippen molar-refractivity contribution in [3.05, 3.63) is 46.7 Å². The topological polar surface area (TPSA) is 59.8 Å². The van der Waals surface area contributed by atoms with Crippen LogP contribution < -0.4 is 5.32 Å². The number of halogens is 1. The van der Waals surface area contributed by atoms with Gasteiger partial charge in [0.05, 0.1) is 11.4 Å². The first kappa shape index (κ1) is 17.7. The van der Waals surface area contributed by atoms with E-state index in [4.69, 9.17) is 0 Å². The second-order valence-electron chi connectivity index (χ2n) is 4.97. The van der Waals surface area contributed by atoms with Crippen LogP contribution in [0, 0.1) is 6.92 Å². The molecule has 1 aromatic heterocycles. The Balaban J connectivity index is 1.99. The number of carbonyl (C=O) groups excluding carboxylic acids is 1. The maximum Gasteiger partial charge on any atom is 0.234 e. The molecular formula is C16H19BrN4OS. The summed E-state index contributed by atoms with van der Waals surface area (Å²) in [7, 11) is 0. The summed E-state index contributed by atoms with van der Waals surface area (Å²) in [6.07, 6.45) is 2.60.